The molecule has 19 heavy (non-hydrogen) atoms. The molecule has 4 unspecified atom stereocenters. The maximum atomic E-state index is 9.16. The Bertz CT molecular complexity index is 241. The van der Waals surface area contributed by atoms with Gasteiger partial charge in [0.2, 0.25) is 0 Å². The summed E-state index contributed by atoms with van der Waals surface area (Å²) in [5.74, 6) is 0.807. The van der Waals surface area contributed by atoms with Gasteiger partial charge in [-0.1, -0.05) is 26.2 Å². The molecule has 0 amide bonds. The number of piperidine rings is 1. The van der Waals surface area contributed by atoms with Crippen LogP contribution in [0.3, 0.4) is 0 Å². The van der Waals surface area contributed by atoms with Crippen LogP contribution in [-0.4, -0.2) is 36.4 Å². The normalized spacial score (nSPS) is 34.1. The molecule has 2 rings (SSSR count). The standard InChI is InChI=1S/C16H32N2O/c1-2-13(10-12-19)18-16-9-4-3-7-14(16)15-8-5-6-11-17-15/h13-19H,2-12H2,1H3. The molecule has 0 aromatic heterocycles. The zero-order valence-electron chi connectivity index (χ0n) is 12.5. The molecule has 3 nitrogen and oxygen atoms in total. The molecular weight excluding hydrogens is 236 g/mol. The first-order valence-corrected chi connectivity index (χ1v) is 8.45. The van der Waals surface area contributed by atoms with E-state index in [1.54, 1.807) is 0 Å². The average molecular weight is 268 g/mol. The minimum atomic E-state index is 0.310. The van der Waals surface area contributed by atoms with Crippen molar-refractivity contribution >= 4 is 0 Å². The lowest BCUT2D eigenvalue weighted by molar-refractivity contribution is 0.162. The molecule has 1 aliphatic heterocycles. The molecule has 1 saturated heterocycles. The van der Waals surface area contributed by atoms with Crippen LogP contribution in [0, 0.1) is 5.92 Å². The maximum absolute atomic E-state index is 9.16. The van der Waals surface area contributed by atoms with Gasteiger partial charge in [-0.25, -0.2) is 0 Å². The number of nitrogens with one attached hydrogen (secondary N) is 2. The van der Waals surface area contributed by atoms with Crippen molar-refractivity contribution in [2.24, 2.45) is 5.92 Å². The quantitative estimate of drug-likeness (QED) is 0.693. The smallest absolute Gasteiger partial charge is 0.0445 e. The Kier molecular flexibility index (Phi) is 6.62. The molecule has 0 spiro atoms. The number of hydrogen-bond acceptors (Lipinski definition) is 3. The van der Waals surface area contributed by atoms with Crippen LogP contribution in [-0.2, 0) is 0 Å². The van der Waals surface area contributed by atoms with Crippen LogP contribution in [0.2, 0.25) is 0 Å². The van der Waals surface area contributed by atoms with Crippen molar-refractivity contribution in [3.8, 4) is 0 Å². The summed E-state index contributed by atoms with van der Waals surface area (Å²) in [5.41, 5.74) is 0. The Morgan fingerprint density at radius 2 is 1.95 bits per heavy atom. The number of hydrogen-bond donors (Lipinski definition) is 3. The summed E-state index contributed by atoms with van der Waals surface area (Å²) in [5, 5.41) is 16.8. The van der Waals surface area contributed by atoms with Crippen molar-refractivity contribution in [1.29, 1.82) is 0 Å². The van der Waals surface area contributed by atoms with Gasteiger partial charge in [-0.3, -0.25) is 0 Å². The van der Waals surface area contributed by atoms with E-state index in [0.29, 0.717) is 18.7 Å². The minimum absolute atomic E-state index is 0.310. The van der Waals surface area contributed by atoms with Gasteiger partial charge in [0, 0.05) is 24.7 Å². The highest BCUT2D eigenvalue weighted by Crippen LogP contribution is 2.31. The summed E-state index contributed by atoms with van der Waals surface area (Å²) in [6.07, 6.45) is 11.6. The van der Waals surface area contributed by atoms with Crippen molar-refractivity contribution in [2.75, 3.05) is 13.2 Å². The average Bonchev–Trinajstić information content (AvgIpc) is 2.48. The van der Waals surface area contributed by atoms with E-state index < -0.39 is 0 Å². The molecule has 2 aliphatic rings. The molecule has 0 aromatic carbocycles. The van der Waals surface area contributed by atoms with Crippen molar-refractivity contribution in [2.45, 2.75) is 82.8 Å². The van der Waals surface area contributed by atoms with E-state index in [4.69, 9.17) is 5.11 Å². The molecule has 3 heteroatoms. The lowest BCUT2D eigenvalue weighted by Crippen LogP contribution is -2.52. The molecule has 112 valence electrons. The van der Waals surface area contributed by atoms with E-state index in [-0.39, 0.29) is 0 Å². The fourth-order valence-corrected chi connectivity index (χ4v) is 3.96. The second-order valence-corrected chi connectivity index (χ2v) is 6.40. The molecule has 2 fully saturated rings. The first kappa shape index (κ1) is 15.3. The molecule has 0 bridgehead atoms. The Balaban J connectivity index is 1.90. The summed E-state index contributed by atoms with van der Waals surface area (Å²) < 4.78 is 0. The van der Waals surface area contributed by atoms with Crippen molar-refractivity contribution < 1.29 is 5.11 Å². The number of aliphatic hydroxyl groups excluding tert-OH is 1. The summed E-state index contributed by atoms with van der Waals surface area (Å²) in [4.78, 5) is 0. The van der Waals surface area contributed by atoms with Gasteiger partial charge in [-0.05, 0) is 51.0 Å². The van der Waals surface area contributed by atoms with E-state index in [1.807, 2.05) is 0 Å². The molecule has 3 N–H and O–H groups in total. The van der Waals surface area contributed by atoms with Crippen LogP contribution in [0.15, 0.2) is 0 Å². The molecular formula is C16H32N2O. The number of rotatable bonds is 6. The zero-order chi connectivity index (χ0) is 13.5. The summed E-state index contributed by atoms with van der Waals surface area (Å²) in [6, 6.07) is 1.90. The molecule has 0 radical (unpaired) electrons. The van der Waals surface area contributed by atoms with Crippen molar-refractivity contribution in [1.82, 2.24) is 10.6 Å². The SMILES string of the molecule is CCC(CCO)NC1CCCCC1C1CCCCN1. The lowest BCUT2D eigenvalue weighted by Gasteiger charge is -2.41. The lowest BCUT2D eigenvalue weighted by atomic mass is 9.77. The zero-order valence-corrected chi connectivity index (χ0v) is 12.5. The van der Waals surface area contributed by atoms with Gasteiger partial charge in [-0.15, -0.1) is 0 Å². The maximum Gasteiger partial charge on any atom is 0.0445 e. The first-order valence-electron chi connectivity index (χ1n) is 8.45. The van der Waals surface area contributed by atoms with Crippen LogP contribution in [0.5, 0.6) is 0 Å². The van der Waals surface area contributed by atoms with Gasteiger partial charge in [0.15, 0.2) is 0 Å². The fraction of sp³-hybridized carbons (Fsp3) is 1.00. The molecule has 1 heterocycles. The summed E-state index contributed by atoms with van der Waals surface area (Å²) in [6.45, 7) is 3.75. The van der Waals surface area contributed by atoms with E-state index >= 15 is 0 Å². The molecule has 1 aliphatic carbocycles. The fourth-order valence-electron chi connectivity index (χ4n) is 3.96. The third-order valence-electron chi connectivity index (χ3n) is 5.10. The predicted octanol–water partition coefficient (Wildman–Crippen LogP) is 2.44. The Morgan fingerprint density at radius 3 is 2.63 bits per heavy atom. The molecule has 0 aromatic rings. The van der Waals surface area contributed by atoms with E-state index in [1.165, 1.54) is 51.5 Å². The van der Waals surface area contributed by atoms with Crippen LogP contribution in [0.1, 0.15) is 64.7 Å². The van der Waals surface area contributed by atoms with E-state index in [2.05, 4.69) is 17.6 Å². The molecule has 4 atom stereocenters. The third kappa shape index (κ3) is 4.44. The highest BCUT2D eigenvalue weighted by molar-refractivity contribution is 4.91. The largest absolute Gasteiger partial charge is 0.396 e. The highest BCUT2D eigenvalue weighted by Gasteiger charge is 2.33. The third-order valence-corrected chi connectivity index (χ3v) is 5.10. The van der Waals surface area contributed by atoms with Gasteiger partial charge in [0.1, 0.15) is 0 Å². The highest BCUT2D eigenvalue weighted by atomic mass is 16.3. The topological polar surface area (TPSA) is 44.3 Å². The number of aliphatic hydroxyl groups is 1. The Morgan fingerprint density at radius 1 is 1.16 bits per heavy atom. The van der Waals surface area contributed by atoms with Crippen LogP contribution in [0.4, 0.5) is 0 Å². The monoisotopic (exact) mass is 268 g/mol. The predicted molar refractivity (Wildman–Crippen MR) is 80.3 cm³/mol. The first-order chi connectivity index (χ1) is 9.35. The van der Waals surface area contributed by atoms with E-state index in [0.717, 1.165) is 24.8 Å². The van der Waals surface area contributed by atoms with E-state index in [9.17, 15) is 0 Å². The Hall–Kier alpha value is -0.120. The minimum Gasteiger partial charge on any atom is -0.396 e. The van der Waals surface area contributed by atoms with Crippen LogP contribution >= 0.6 is 0 Å². The summed E-state index contributed by atoms with van der Waals surface area (Å²) in [7, 11) is 0. The Labute approximate surface area is 118 Å². The van der Waals surface area contributed by atoms with Gasteiger partial charge in [0.25, 0.3) is 0 Å². The van der Waals surface area contributed by atoms with Gasteiger partial charge < -0.3 is 15.7 Å². The summed E-state index contributed by atoms with van der Waals surface area (Å²) >= 11 is 0. The van der Waals surface area contributed by atoms with Gasteiger partial charge in [-0.2, -0.15) is 0 Å². The van der Waals surface area contributed by atoms with Gasteiger partial charge in [0.05, 0.1) is 0 Å². The van der Waals surface area contributed by atoms with Crippen LogP contribution in [0.25, 0.3) is 0 Å². The van der Waals surface area contributed by atoms with Crippen LogP contribution < -0.4 is 10.6 Å². The molecule has 1 saturated carbocycles. The van der Waals surface area contributed by atoms with Gasteiger partial charge >= 0.3 is 0 Å². The second kappa shape index (κ2) is 8.23. The van der Waals surface area contributed by atoms with Crippen molar-refractivity contribution in [3.63, 3.8) is 0 Å². The second-order valence-electron chi connectivity index (χ2n) is 6.40. The van der Waals surface area contributed by atoms with Crippen molar-refractivity contribution in [3.05, 3.63) is 0 Å².